The monoisotopic (exact) mass is 418 g/mol. The average molecular weight is 419 g/mol. The summed E-state index contributed by atoms with van der Waals surface area (Å²) in [5, 5.41) is 2.73. The maximum atomic E-state index is 12.5. The fraction of sp³-hybridized carbons (Fsp3) is 0.333. The van der Waals surface area contributed by atoms with E-state index in [1.807, 2.05) is 30.3 Å². The van der Waals surface area contributed by atoms with Crippen molar-refractivity contribution < 1.29 is 22.7 Å². The maximum absolute atomic E-state index is 12.5. The SMILES string of the molecule is Cc1ccc(S(=O)(=O)N(C)C)cc1C(=O)O[C@H](C)C(=O)NCCc1ccccc1. The maximum Gasteiger partial charge on any atom is 0.339 e. The molecule has 0 saturated heterocycles. The van der Waals surface area contributed by atoms with Gasteiger partial charge in [-0.3, -0.25) is 4.79 Å². The number of nitrogens with one attached hydrogen (secondary N) is 1. The quantitative estimate of drug-likeness (QED) is 0.663. The number of ether oxygens (including phenoxy) is 1. The second-order valence-corrected chi connectivity index (χ2v) is 8.99. The van der Waals surface area contributed by atoms with Crippen LogP contribution in [0.3, 0.4) is 0 Å². The van der Waals surface area contributed by atoms with E-state index in [0.717, 1.165) is 9.87 Å². The Morgan fingerprint density at radius 2 is 1.76 bits per heavy atom. The lowest BCUT2D eigenvalue weighted by Crippen LogP contribution is -2.37. The van der Waals surface area contributed by atoms with Crippen LogP contribution in [0.1, 0.15) is 28.4 Å². The summed E-state index contributed by atoms with van der Waals surface area (Å²) in [7, 11) is -0.863. The summed E-state index contributed by atoms with van der Waals surface area (Å²) in [6.07, 6.45) is -0.344. The van der Waals surface area contributed by atoms with Crippen LogP contribution in [0.15, 0.2) is 53.4 Å². The summed E-state index contributed by atoms with van der Waals surface area (Å²) in [6, 6.07) is 13.9. The highest BCUT2D eigenvalue weighted by molar-refractivity contribution is 7.89. The first kappa shape index (κ1) is 22.6. The Balaban J connectivity index is 2.00. The Bertz CT molecular complexity index is 972. The summed E-state index contributed by atoms with van der Waals surface area (Å²) < 4.78 is 30.9. The number of esters is 1. The molecule has 7 nitrogen and oxygen atoms in total. The molecule has 0 radical (unpaired) electrons. The van der Waals surface area contributed by atoms with Crippen LogP contribution in [-0.2, 0) is 26.0 Å². The number of amides is 1. The van der Waals surface area contributed by atoms with Crippen LogP contribution in [0, 0.1) is 6.92 Å². The number of carbonyl (C=O) groups is 2. The number of rotatable bonds is 8. The van der Waals surface area contributed by atoms with Crippen LogP contribution in [0.4, 0.5) is 0 Å². The number of hydrogen-bond acceptors (Lipinski definition) is 5. The predicted molar refractivity (Wildman–Crippen MR) is 110 cm³/mol. The molecule has 2 rings (SSSR count). The molecule has 0 spiro atoms. The van der Waals surface area contributed by atoms with E-state index in [9.17, 15) is 18.0 Å². The second-order valence-electron chi connectivity index (χ2n) is 6.84. The molecule has 0 unspecified atom stereocenters. The van der Waals surface area contributed by atoms with E-state index >= 15 is 0 Å². The van der Waals surface area contributed by atoms with Crippen LogP contribution in [0.5, 0.6) is 0 Å². The van der Waals surface area contributed by atoms with Gasteiger partial charge < -0.3 is 10.1 Å². The molecule has 1 atom stereocenters. The molecule has 0 saturated carbocycles. The molecule has 8 heteroatoms. The molecule has 0 fully saturated rings. The first-order chi connectivity index (χ1) is 13.6. The van der Waals surface area contributed by atoms with Crippen molar-refractivity contribution in [3.63, 3.8) is 0 Å². The van der Waals surface area contributed by atoms with Crippen LogP contribution in [0.25, 0.3) is 0 Å². The van der Waals surface area contributed by atoms with Gasteiger partial charge in [0.2, 0.25) is 10.0 Å². The minimum atomic E-state index is -3.69. The molecule has 0 heterocycles. The van der Waals surface area contributed by atoms with Gasteiger partial charge in [-0.25, -0.2) is 17.5 Å². The highest BCUT2D eigenvalue weighted by Crippen LogP contribution is 2.19. The van der Waals surface area contributed by atoms with Crippen LogP contribution < -0.4 is 5.32 Å². The lowest BCUT2D eigenvalue weighted by molar-refractivity contribution is -0.129. The van der Waals surface area contributed by atoms with Crippen molar-refractivity contribution in [3.8, 4) is 0 Å². The molecule has 2 aromatic rings. The molecule has 0 aliphatic heterocycles. The summed E-state index contributed by atoms with van der Waals surface area (Å²) >= 11 is 0. The topological polar surface area (TPSA) is 92.8 Å². The Labute approximate surface area is 171 Å². The van der Waals surface area contributed by atoms with Crippen molar-refractivity contribution in [1.82, 2.24) is 9.62 Å². The normalized spacial score (nSPS) is 12.4. The van der Waals surface area contributed by atoms with E-state index in [-0.39, 0.29) is 10.5 Å². The summed E-state index contributed by atoms with van der Waals surface area (Å²) in [6.45, 7) is 3.57. The number of hydrogen-bond donors (Lipinski definition) is 1. The summed E-state index contributed by atoms with van der Waals surface area (Å²) in [4.78, 5) is 24.7. The molecule has 0 aliphatic carbocycles. The van der Waals surface area contributed by atoms with Gasteiger partial charge in [-0.05, 0) is 43.5 Å². The van der Waals surface area contributed by atoms with Gasteiger partial charge in [-0.15, -0.1) is 0 Å². The van der Waals surface area contributed by atoms with Crippen molar-refractivity contribution >= 4 is 21.9 Å². The van der Waals surface area contributed by atoms with E-state index < -0.39 is 28.0 Å². The largest absolute Gasteiger partial charge is 0.449 e. The van der Waals surface area contributed by atoms with Gasteiger partial charge in [0, 0.05) is 20.6 Å². The van der Waals surface area contributed by atoms with Crippen molar-refractivity contribution in [2.45, 2.75) is 31.3 Å². The first-order valence-corrected chi connectivity index (χ1v) is 10.6. The average Bonchev–Trinajstić information content (AvgIpc) is 2.68. The Morgan fingerprint density at radius 3 is 2.38 bits per heavy atom. The Morgan fingerprint density at radius 1 is 1.10 bits per heavy atom. The van der Waals surface area contributed by atoms with Gasteiger partial charge in [0.05, 0.1) is 10.5 Å². The van der Waals surface area contributed by atoms with E-state index in [4.69, 9.17) is 4.74 Å². The first-order valence-electron chi connectivity index (χ1n) is 9.18. The Hall–Kier alpha value is -2.71. The smallest absolute Gasteiger partial charge is 0.339 e. The van der Waals surface area contributed by atoms with Gasteiger partial charge in [0.15, 0.2) is 6.10 Å². The lowest BCUT2D eigenvalue weighted by Gasteiger charge is -2.16. The number of nitrogens with zero attached hydrogens (tertiary/aromatic N) is 1. The van der Waals surface area contributed by atoms with Gasteiger partial charge in [-0.2, -0.15) is 0 Å². The number of sulfonamides is 1. The molecule has 0 aliphatic rings. The van der Waals surface area contributed by atoms with Crippen molar-refractivity contribution in [3.05, 3.63) is 65.2 Å². The predicted octanol–water partition coefficient (Wildman–Crippen LogP) is 2.15. The standard InChI is InChI=1S/C21H26N2O5S/c1-15-10-11-18(29(26,27)23(3)4)14-19(15)21(25)28-16(2)20(24)22-13-12-17-8-6-5-7-9-17/h5-11,14,16H,12-13H2,1-4H3,(H,22,24)/t16-/m1/s1. The molecule has 0 bridgehead atoms. The number of benzene rings is 2. The molecular weight excluding hydrogens is 392 g/mol. The van der Waals surface area contributed by atoms with E-state index in [1.54, 1.807) is 6.92 Å². The zero-order valence-electron chi connectivity index (χ0n) is 17.0. The van der Waals surface area contributed by atoms with E-state index in [2.05, 4.69) is 5.32 Å². The second kappa shape index (κ2) is 9.67. The third kappa shape index (κ3) is 5.88. The van der Waals surface area contributed by atoms with Gasteiger partial charge >= 0.3 is 5.97 Å². The van der Waals surface area contributed by atoms with Crippen LogP contribution in [-0.4, -0.2) is 51.3 Å². The van der Waals surface area contributed by atoms with Crippen molar-refractivity contribution in [1.29, 1.82) is 0 Å². The highest BCUT2D eigenvalue weighted by Gasteiger charge is 2.23. The third-order valence-electron chi connectivity index (χ3n) is 4.42. The third-order valence-corrected chi connectivity index (χ3v) is 6.23. The molecule has 2 aromatic carbocycles. The molecule has 156 valence electrons. The molecule has 1 N–H and O–H groups in total. The van der Waals surface area contributed by atoms with Crippen LogP contribution in [0.2, 0.25) is 0 Å². The minimum Gasteiger partial charge on any atom is -0.449 e. The highest BCUT2D eigenvalue weighted by atomic mass is 32.2. The minimum absolute atomic E-state index is 0.0139. The summed E-state index contributed by atoms with van der Waals surface area (Å²) in [5.41, 5.74) is 1.76. The van der Waals surface area contributed by atoms with Crippen molar-refractivity contribution in [2.24, 2.45) is 0 Å². The number of aryl methyl sites for hydroxylation is 1. The Kier molecular flexibility index (Phi) is 7.53. The zero-order valence-corrected chi connectivity index (χ0v) is 17.8. The number of carbonyl (C=O) groups excluding carboxylic acids is 2. The van der Waals surface area contributed by atoms with Crippen LogP contribution >= 0.6 is 0 Å². The molecular formula is C21H26N2O5S. The van der Waals surface area contributed by atoms with E-state index in [1.165, 1.54) is 39.2 Å². The van der Waals surface area contributed by atoms with Gasteiger partial charge in [-0.1, -0.05) is 36.4 Å². The van der Waals surface area contributed by atoms with Gasteiger partial charge in [0.25, 0.3) is 5.91 Å². The van der Waals surface area contributed by atoms with Gasteiger partial charge in [0.1, 0.15) is 0 Å². The zero-order chi connectivity index (χ0) is 21.6. The fourth-order valence-corrected chi connectivity index (χ4v) is 3.52. The fourth-order valence-electron chi connectivity index (χ4n) is 2.59. The van der Waals surface area contributed by atoms with Crippen molar-refractivity contribution in [2.75, 3.05) is 20.6 Å². The van der Waals surface area contributed by atoms with E-state index in [0.29, 0.717) is 18.5 Å². The lowest BCUT2D eigenvalue weighted by atomic mass is 10.1. The molecule has 29 heavy (non-hydrogen) atoms. The molecule has 0 aromatic heterocycles. The summed E-state index contributed by atoms with van der Waals surface area (Å²) in [5.74, 6) is -1.16. The molecule has 1 amide bonds.